The van der Waals surface area contributed by atoms with Crippen LogP contribution in [-0.2, 0) is 19.1 Å². The lowest BCUT2D eigenvalue weighted by atomic mass is 9.74. The standard InChI is InChI=1S/C26H40N2O6S/c1-14(10-18-13-35-17(4)28-18)19-11-21-26(7,34-21)8-9-27-16(3)23(31)15(2)24(32)25(5,6)20(29)12-22(30)33-19/h10,13,15-16,19-21,23,27,29,31H,8-9,11-12H2,1-7H3/b14-10+/t15-,16-,19+,20+,21+,23+,26-/m1/s1. The maximum Gasteiger partial charge on any atom is 0.309 e. The number of aliphatic hydroxyl groups is 2. The van der Waals surface area contributed by atoms with E-state index in [1.165, 1.54) is 0 Å². The lowest BCUT2D eigenvalue weighted by Crippen LogP contribution is -2.49. The van der Waals surface area contributed by atoms with Crippen molar-refractivity contribution in [2.75, 3.05) is 6.54 Å². The molecule has 3 heterocycles. The van der Waals surface area contributed by atoms with E-state index < -0.39 is 35.6 Å². The van der Waals surface area contributed by atoms with Crippen LogP contribution < -0.4 is 5.32 Å². The van der Waals surface area contributed by atoms with Gasteiger partial charge in [-0.1, -0.05) is 20.8 Å². The zero-order valence-corrected chi connectivity index (χ0v) is 22.6. The molecule has 0 aromatic carbocycles. The maximum atomic E-state index is 13.2. The van der Waals surface area contributed by atoms with Gasteiger partial charge in [0.1, 0.15) is 11.9 Å². The number of nitrogens with zero attached hydrogens (tertiary/aromatic N) is 1. The molecule has 196 valence electrons. The van der Waals surface area contributed by atoms with Gasteiger partial charge >= 0.3 is 5.97 Å². The van der Waals surface area contributed by atoms with Gasteiger partial charge in [-0.3, -0.25) is 9.59 Å². The molecule has 3 N–H and O–H groups in total. The Bertz CT molecular complexity index is 959. The van der Waals surface area contributed by atoms with Crippen molar-refractivity contribution in [1.29, 1.82) is 0 Å². The fourth-order valence-corrected chi connectivity index (χ4v) is 5.30. The highest BCUT2D eigenvalue weighted by Crippen LogP contribution is 2.43. The molecule has 0 radical (unpaired) electrons. The lowest BCUT2D eigenvalue weighted by molar-refractivity contribution is -0.154. The van der Waals surface area contributed by atoms with E-state index in [2.05, 4.69) is 10.3 Å². The van der Waals surface area contributed by atoms with Crippen molar-refractivity contribution in [3.63, 3.8) is 0 Å². The number of aliphatic hydroxyl groups excluding tert-OH is 2. The minimum absolute atomic E-state index is 0.0855. The van der Waals surface area contributed by atoms with Gasteiger partial charge in [-0.15, -0.1) is 11.3 Å². The molecule has 35 heavy (non-hydrogen) atoms. The number of aryl methyl sites for hydroxylation is 1. The molecule has 3 rings (SSSR count). The Morgan fingerprint density at radius 1 is 1.26 bits per heavy atom. The largest absolute Gasteiger partial charge is 0.458 e. The molecule has 0 amide bonds. The van der Waals surface area contributed by atoms with E-state index in [1.54, 1.807) is 32.1 Å². The Morgan fingerprint density at radius 2 is 1.94 bits per heavy atom. The highest BCUT2D eigenvalue weighted by molar-refractivity contribution is 7.09. The van der Waals surface area contributed by atoms with Crippen LogP contribution in [-0.4, -0.2) is 69.6 Å². The molecule has 2 fully saturated rings. The summed E-state index contributed by atoms with van der Waals surface area (Å²) in [5, 5.41) is 27.8. The number of hydrogen-bond donors (Lipinski definition) is 3. The predicted octanol–water partition coefficient (Wildman–Crippen LogP) is 3.04. The third kappa shape index (κ3) is 6.57. The molecule has 1 aromatic rings. The van der Waals surface area contributed by atoms with E-state index >= 15 is 0 Å². The Morgan fingerprint density at radius 3 is 2.57 bits per heavy atom. The summed E-state index contributed by atoms with van der Waals surface area (Å²) in [6.45, 7) is 13.2. The number of esters is 1. The number of cyclic esters (lactones) is 1. The highest BCUT2D eigenvalue weighted by atomic mass is 32.1. The number of carbonyl (C=O) groups is 2. The third-order valence-corrected chi connectivity index (χ3v) is 8.40. The Kier molecular flexibility index (Phi) is 8.59. The number of carbonyl (C=O) groups excluding carboxylic acids is 2. The van der Waals surface area contributed by atoms with Crippen molar-refractivity contribution < 1.29 is 29.3 Å². The normalized spacial score (nSPS) is 37.5. The highest BCUT2D eigenvalue weighted by Gasteiger charge is 2.53. The van der Waals surface area contributed by atoms with Gasteiger partial charge in [0.2, 0.25) is 0 Å². The van der Waals surface area contributed by atoms with Crippen LogP contribution in [0.15, 0.2) is 11.0 Å². The van der Waals surface area contributed by atoms with Crippen LogP contribution in [0.3, 0.4) is 0 Å². The molecule has 1 aromatic heterocycles. The number of fused-ring (bicyclic) bond motifs is 1. The summed E-state index contributed by atoms with van der Waals surface area (Å²) in [6.07, 6.45) is -0.00321. The Labute approximate surface area is 212 Å². The van der Waals surface area contributed by atoms with Gasteiger partial charge in [0, 0.05) is 23.8 Å². The number of epoxide rings is 1. The summed E-state index contributed by atoms with van der Waals surface area (Å²) in [5.74, 6) is -1.59. The van der Waals surface area contributed by atoms with Crippen LogP contribution >= 0.6 is 11.3 Å². The molecule has 0 saturated carbocycles. The summed E-state index contributed by atoms with van der Waals surface area (Å²) in [7, 11) is 0. The second-order valence-electron chi connectivity index (χ2n) is 10.9. The zero-order valence-electron chi connectivity index (χ0n) is 21.8. The number of thiazole rings is 1. The zero-order chi connectivity index (χ0) is 26.1. The van der Waals surface area contributed by atoms with E-state index in [0.717, 1.165) is 22.7 Å². The quantitative estimate of drug-likeness (QED) is 0.412. The van der Waals surface area contributed by atoms with E-state index in [4.69, 9.17) is 9.47 Å². The fraction of sp³-hybridized carbons (Fsp3) is 0.731. The number of ether oxygens (including phenoxy) is 2. The average molecular weight is 509 g/mol. The van der Waals surface area contributed by atoms with Gasteiger partial charge in [0.15, 0.2) is 0 Å². The summed E-state index contributed by atoms with van der Waals surface area (Å²) in [5.41, 5.74) is 0.0632. The molecular weight excluding hydrogens is 468 g/mol. The van der Waals surface area contributed by atoms with Crippen LogP contribution in [0.1, 0.15) is 71.5 Å². The third-order valence-electron chi connectivity index (χ3n) is 7.61. The van der Waals surface area contributed by atoms with E-state index in [9.17, 15) is 19.8 Å². The number of Topliss-reactive ketones (excluding diaryl/α,β-unsaturated/α-hetero) is 1. The molecule has 0 unspecified atom stereocenters. The van der Waals surface area contributed by atoms with Gasteiger partial charge in [0.25, 0.3) is 0 Å². The number of rotatable bonds is 2. The van der Waals surface area contributed by atoms with Gasteiger partial charge in [-0.05, 0) is 52.3 Å². The first-order chi connectivity index (χ1) is 16.2. The topological polar surface area (TPSA) is 121 Å². The Hall–Kier alpha value is -1.65. The van der Waals surface area contributed by atoms with E-state index in [0.29, 0.717) is 13.0 Å². The average Bonchev–Trinajstić information content (AvgIpc) is 3.22. The molecule has 0 aliphatic carbocycles. The SMILES string of the molecule is C/C(=C\c1csc(C)n1)[C@@H]1C[C@@H]2O[C@]2(C)CCN[C@H](C)[C@@H](O)[C@@H](C)C(=O)C(C)(C)[C@@H](O)CC(=O)O1. The Balaban J connectivity index is 1.85. The van der Waals surface area contributed by atoms with Gasteiger partial charge in [-0.2, -0.15) is 0 Å². The van der Waals surface area contributed by atoms with Crippen LogP contribution in [0, 0.1) is 18.3 Å². The second-order valence-corrected chi connectivity index (χ2v) is 12.0. The minimum atomic E-state index is -1.25. The van der Waals surface area contributed by atoms with Crippen LogP contribution in [0.2, 0.25) is 0 Å². The molecule has 9 heteroatoms. The number of hydrogen-bond acceptors (Lipinski definition) is 9. The van der Waals surface area contributed by atoms with Crippen LogP contribution in [0.5, 0.6) is 0 Å². The van der Waals surface area contributed by atoms with Crippen molar-refractivity contribution in [2.24, 2.45) is 11.3 Å². The summed E-state index contributed by atoms with van der Waals surface area (Å²) in [4.78, 5) is 30.6. The second kappa shape index (κ2) is 10.8. The number of nitrogens with one attached hydrogen (secondary N) is 1. The molecule has 8 nitrogen and oxygen atoms in total. The molecular formula is C26H40N2O6S. The van der Waals surface area contributed by atoms with Gasteiger partial charge < -0.3 is 25.0 Å². The number of aromatic nitrogens is 1. The maximum absolute atomic E-state index is 13.2. The minimum Gasteiger partial charge on any atom is -0.458 e. The first kappa shape index (κ1) is 27.9. The predicted molar refractivity (Wildman–Crippen MR) is 135 cm³/mol. The summed E-state index contributed by atoms with van der Waals surface area (Å²) >= 11 is 1.55. The fourth-order valence-electron chi connectivity index (χ4n) is 4.73. The monoisotopic (exact) mass is 508 g/mol. The smallest absolute Gasteiger partial charge is 0.309 e. The lowest BCUT2D eigenvalue weighted by Gasteiger charge is -2.34. The molecule has 0 spiro atoms. The van der Waals surface area contributed by atoms with Gasteiger partial charge in [-0.25, -0.2) is 4.98 Å². The van der Waals surface area contributed by atoms with Crippen molar-refractivity contribution in [3.05, 3.63) is 21.7 Å². The first-order valence-corrected chi connectivity index (χ1v) is 13.2. The number of ketones is 1. The van der Waals surface area contributed by atoms with Crippen molar-refractivity contribution >= 4 is 29.2 Å². The van der Waals surface area contributed by atoms with Crippen molar-refractivity contribution in [3.8, 4) is 0 Å². The van der Waals surface area contributed by atoms with Crippen molar-refractivity contribution in [1.82, 2.24) is 10.3 Å². The molecule has 2 aliphatic heterocycles. The van der Waals surface area contributed by atoms with Crippen LogP contribution in [0.4, 0.5) is 0 Å². The van der Waals surface area contributed by atoms with E-state index in [1.807, 2.05) is 39.2 Å². The molecule has 7 atom stereocenters. The van der Waals surface area contributed by atoms with Crippen molar-refractivity contribution in [2.45, 2.75) is 104 Å². The van der Waals surface area contributed by atoms with Crippen LogP contribution in [0.25, 0.3) is 6.08 Å². The molecule has 2 aliphatic rings. The molecule has 0 bridgehead atoms. The summed E-state index contributed by atoms with van der Waals surface area (Å²) < 4.78 is 11.9. The summed E-state index contributed by atoms with van der Waals surface area (Å²) in [6, 6.07) is -0.319. The van der Waals surface area contributed by atoms with Gasteiger partial charge in [0.05, 0.1) is 46.5 Å². The molecule has 2 saturated heterocycles. The van der Waals surface area contributed by atoms with E-state index in [-0.39, 0.29) is 30.0 Å². The first-order valence-electron chi connectivity index (χ1n) is 12.4.